The molecule has 0 amide bonds. The molecule has 0 saturated carbocycles. The van der Waals surface area contributed by atoms with Crippen LogP contribution in [0.1, 0.15) is 6.92 Å². The summed E-state index contributed by atoms with van der Waals surface area (Å²) in [5.41, 5.74) is -0.0276. The fourth-order valence-corrected chi connectivity index (χ4v) is 1.30. The summed E-state index contributed by atoms with van der Waals surface area (Å²) >= 11 is 0. The molecule has 19 heavy (non-hydrogen) atoms. The zero-order valence-electron chi connectivity index (χ0n) is 10.8. The largest absolute Gasteiger partial charge is 0.483 e. The van der Waals surface area contributed by atoms with Gasteiger partial charge in [-0.2, -0.15) is 0 Å². The van der Waals surface area contributed by atoms with Gasteiger partial charge in [0.25, 0.3) is 0 Å². The van der Waals surface area contributed by atoms with Gasteiger partial charge in [0.1, 0.15) is 6.61 Å². The van der Waals surface area contributed by atoms with Crippen LogP contribution in [-0.2, 0) is 4.74 Å². The SMILES string of the molecule is C/C=C/COC/C=C\COc1ccccc1[N+](=O)[O-]. The molecule has 5 nitrogen and oxygen atoms in total. The average molecular weight is 263 g/mol. The summed E-state index contributed by atoms with van der Waals surface area (Å²) in [7, 11) is 0. The van der Waals surface area contributed by atoms with Crippen molar-refractivity contribution in [3.8, 4) is 5.75 Å². The summed E-state index contributed by atoms with van der Waals surface area (Å²) in [5, 5.41) is 10.7. The molecule has 0 aromatic heterocycles. The molecule has 0 aliphatic heterocycles. The highest BCUT2D eigenvalue weighted by molar-refractivity contribution is 5.45. The summed E-state index contributed by atoms with van der Waals surface area (Å²) < 4.78 is 10.6. The first-order valence-electron chi connectivity index (χ1n) is 5.96. The Kier molecular flexibility index (Phi) is 6.97. The number of ether oxygens (including phenoxy) is 2. The molecule has 0 spiro atoms. The third-order valence-electron chi connectivity index (χ3n) is 2.23. The summed E-state index contributed by atoms with van der Waals surface area (Å²) in [6.07, 6.45) is 7.42. The van der Waals surface area contributed by atoms with Crippen molar-refractivity contribution < 1.29 is 14.4 Å². The molecular formula is C14H17NO4. The van der Waals surface area contributed by atoms with Crippen molar-refractivity contribution in [2.75, 3.05) is 19.8 Å². The minimum Gasteiger partial charge on any atom is -0.483 e. The highest BCUT2D eigenvalue weighted by Gasteiger charge is 2.12. The molecular weight excluding hydrogens is 246 g/mol. The lowest BCUT2D eigenvalue weighted by Gasteiger charge is -2.03. The van der Waals surface area contributed by atoms with E-state index in [1.54, 1.807) is 24.3 Å². The van der Waals surface area contributed by atoms with Crippen LogP contribution in [0.5, 0.6) is 5.75 Å². The topological polar surface area (TPSA) is 61.6 Å². The fraction of sp³-hybridized carbons (Fsp3) is 0.286. The molecule has 0 N–H and O–H groups in total. The maximum Gasteiger partial charge on any atom is 0.310 e. The Hall–Kier alpha value is -2.14. The van der Waals surface area contributed by atoms with Crippen LogP contribution in [0.25, 0.3) is 0 Å². The second-order valence-electron chi connectivity index (χ2n) is 3.61. The van der Waals surface area contributed by atoms with E-state index in [4.69, 9.17) is 9.47 Å². The number of benzene rings is 1. The molecule has 0 fully saturated rings. The number of nitro groups is 1. The van der Waals surface area contributed by atoms with Crippen LogP contribution in [-0.4, -0.2) is 24.7 Å². The lowest BCUT2D eigenvalue weighted by atomic mass is 10.3. The number of nitro benzene ring substituents is 1. The molecule has 1 aromatic carbocycles. The van der Waals surface area contributed by atoms with Gasteiger partial charge in [-0.05, 0) is 19.1 Å². The molecule has 0 aliphatic rings. The third-order valence-corrected chi connectivity index (χ3v) is 2.23. The highest BCUT2D eigenvalue weighted by atomic mass is 16.6. The standard InChI is InChI=1S/C14H17NO4/c1-2-3-10-18-11-6-7-12-19-14-9-5-4-8-13(14)15(16)17/h2-9H,10-12H2,1H3/b3-2+,7-6-. The van der Waals surface area contributed by atoms with Gasteiger partial charge in [-0.15, -0.1) is 0 Å². The first-order chi connectivity index (χ1) is 9.25. The Labute approximate surface area is 112 Å². The maximum atomic E-state index is 10.7. The Morgan fingerprint density at radius 2 is 1.84 bits per heavy atom. The van der Waals surface area contributed by atoms with Gasteiger partial charge < -0.3 is 9.47 Å². The van der Waals surface area contributed by atoms with E-state index in [1.807, 2.05) is 25.2 Å². The number of allylic oxidation sites excluding steroid dienone is 1. The molecule has 0 aliphatic carbocycles. The van der Waals surface area contributed by atoms with Crippen molar-refractivity contribution in [1.82, 2.24) is 0 Å². The van der Waals surface area contributed by atoms with Gasteiger partial charge in [0.2, 0.25) is 0 Å². The summed E-state index contributed by atoms with van der Waals surface area (Å²) in [5.74, 6) is 0.270. The Balaban J connectivity index is 2.33. The van der Waals surface area contributed by atoms with Gasteiger partial charge in [0, 0.05) is 6.07 Å². The first kappa shape index (κ1) is 14.9. The molecule has 1 aromatic rings. The Morgan fingerprint density at radius 1 is 1.16 bits per heavy atom. The smallest absolute Gasteiger partial charge is 0.310 e. The highest BCUT2D eigenvalue weighted by Crippen LogP contribution is 2.25. The van der Waals surface area contributed by atoms with Gasteiger partial charge in [-0.1, -0.05) is 30.4 Å². The monoisotopic (exact) mass is 263 g/mol. The van der Waals surface area contributed by atoms with E-state index < -0.39 is 4.92 Å². The van der Waals surface area contributed by atoms with Crippen LogP contribution in [0.2, 0.25) is 0 Å². The fourth-order valence-electron chi connectivity index (χ4n) is 1.30. The number of hydrogen-bond donors (Lipinski definition) is 0. The minimum atomic E-state index is -0.459. The van der Waals surface area contributed by atoms with E-state index in [2.05, 4.69) is 0 Å². The van der Waals surface area contributed by atoms with E-state index in [0.717, 1.165) is 0 Å². The average Bonchev–Trinajstić information content (AvgIpc) is 2.42. The molecule has 102 valence electrons. The molecule has 0 bridgehead atoms. The lowest BCUT2D eigenvalue weighted by molar-refractivity contribution is -0.385. The second kappa shape index (κ2) is 8.88. The van der Waals surface area contributed by atoms with E-state index in [0.29, 0.717) is 13.2 Å². The molecule has 0 unspecified atom stereocenters. The van der Waals surface area contributed by atoms with Gasteiger partial charge >= 0.3 is 5.69 Å². The number of rotatable bonds is 8. The molecule has 0 radical (unpaired) electrons. The van der Waals surface area contributed by atoms with Crippen molar-refractivity contribution >= 4 is 5.69 Å². The lowest BCUT2D eigenvalue weighted by Crippen LogP contribution is -1.98. The second-order valence-corrected chi connectivity index (χ2v) is 3.61. The summed E-state index contributed by atoms with van der Waals surface area (Å²) in [4.78, 5) is 10.3. The number of nitrogens with zero attached hydrogens (tertiary/aromatic N) is 1. The van der Waals surface area contributed by atoms with Crippen molar-refractivity contribution in [3.63, 3.8) is 0 Å². The number of hydrogen-bond acceptors (Lipinski definition) is 4. The van der Waals surface area contributed by atoms with Crippen molar-refractivity contribution in [3.05, 3.63) is 58.7 Å². The van der Waals surface area contributed by atoms with Crippen LogP contribution in [0, 0.1) is 10.1 Å². The predicted molar refractivity (Wildman–Crippen MR) is 73.4 cm³/mol. The van der Waals surface area contributed by atoms with Gasteiger partial charge in [0.15, 0.2) is 5.75 Å². The molecule has 5 heteroatoms. The summed E-state index contributed by atoms with van der Waals surface area (Å²) in [6, 6.07) is 6.30. The quantitative estimate of drug-likeness (QED) is 0.313. The summed E-state index contributed by atoms with van der Waals surface area (Å²) in [6.45, 7) is 3.27. The maximum absolute atomic E-state index is 10.7. The minimum absolute atomic E-state index is 0.0276. The van der Waals surface area contributed by atoms with Crippen LogP contribution < -0.4 is 4.74 Å². The van der Waals surface area contributed by atoms with E-state index in [9.17, 15) is 10.1 Å². The van der Waals surface area contributed by atoms with Crippen LogP contribution >= 0.6 is 0 Å². The zero-order chi connectivity index (χ0) is 13.9. The Bertz CT molecular complexity index is 455. The van der Waals surface area contributed by atoms with Crippen molar-refractivity contribution in [2.45, 2.75) is 6.92 Å². The van der Waals surface area contributed by atoms with Crippen LogP contribution in [0.4, 0.5) is 5.69 Å². The predicted octanol–water partition coefficient (Wildman–Crippen LogP) is 3.12. The molecule has 1 rings (SSSR count). The first-order valence-corrected chi connectivity index (χ1v) is 5.96. The molecule has 0 saturated heterocycles. The molecule has 0 heterocycles. The Morgan fingerprint density at radius 3 is 2.58 bits per heavy atom. The van der Waals surface area contributed by atoms with Crippen LogP contribution in [0.3, 0.4) is 0 Å². The van der Waals surface area contributed by atoms with E-state index in [-0.39, 0.29) is 18.0 Å². The third kappa shape index (κ3) is 5.83. The normalized spacial score (nSPS) is 11.2. The van der Waals surface area contributed by atoms with E-state index >= 15 is 0 Å². The van der Waals surface area contributed by atoms with Crippen molar-refractivity contribution in [2.24, 2.45) is 0 Å². The molecule has 0 atom stereocenters. The van der Waals surface area contributed by atoms with Gasteiger partial charge in [-0.25, -0.2) is 0 Å². The zero-order valence-corrected chi connectivity index (χ0v) is 10.8. The van der Waals surface area contributed by atoms with Crippen LogP contribution in [0.15, 0.2) is 48.6 Å². The number of para-hydroxylation sites is 2. The van der Waals surface area contributed by atoms with Gasteiger partial charge in [0.05, 0.1) is 18.1 Å². The van der Waals surface area contributed by atoms with Gasteiger partial charge in [-0.3, -0.25) is 10.1 Å². The van der Waals surface area contributed by atoms with E-state index in [1.165, 1.54) is 6.07 Å². The van der Waals surface area contributed by atoms with Crippen molar-refractivity contribution in [1.29, 1.82) is 0 Å².